The molecule has 104 valence electrons. The molecular formula is C12H15ClN2O4. The minimum Gasteiger partial charge on any atom is -0.478 e. The molecule has 0 saturated carbocycles. The van der Waals surface area contributed by atoms with Crippen molar-refractivity contribution in [2.45, 2.75) is 13.0 Å². The minimum absolute atomic E-state index is 0.0676. The summed E-state index contributed by atoms with van der Waals surface area (Å²) in [5.74, 6) is -1.16. The number of carboxylic acids is 1. The first-order valence-corrected chi connectivity index (χ1v) is 5.91. The number of anilines is 1. The van der Waals surface area contributed by atoms with Gasteiger partial charge < -0.3 is 20.5 Å². The van der Waals surface area contributed by atoms with Crippen LogP contribution in [-0.4, -0.2) is 36.9 Å². The normalized spacial score (nSPS) is 11.7. The second-order valence-electron chi connectivity index (χ2n) is 3.95. The largest absolute Gasteiger partial charge is 0.478 e. The van der Waals surface area contributed by atoms with Crippen molar-refractivity contribution in [3.8, 4) is 0 Å². The average molecular weight is 287 g/mol. The number of nitrogens with one attached hydrogen (secondary N) is 2. The Bertz CT molecular complexity index is 479. The van der Waals surface area contributed by atoms with Crippen molar-refractivity contribution in [1.82, 2.24) is 5.32 Å². The molecule has 0 radical (unpaired) electrons. The number of hydrogen-bond donors (Lipinski definition) is 3. The van der Waals surface area contributed by atoms with E-state index >= 15 is 0 Å². The van der Waals surface area contributed by atoms with Gasteiger partial charge in [-0.3, -0.25) is 0 Å². The Morgan fingerprint density at radius 1 is 1.47 bits per heavy atom. The van der Waals surface area contributed by atoms with Crippen LogP contribution in [0.5, 0.6) is 0 Å². The molecule has 0 aliphatic rings. The highest BCUT2D eigenvalue weighted by atomic mass is 35.5. The molecule has 0 aromatic heterocycles. The van der Waals surface area contributed by atoms with Crippen molar-refractivity contribution in [3.63, 3.8) is 0 Å². The number of aromatic carboxylic acids is 1. The SMILES string of the molecule is COCC(C)NC(=O)Nc1ccc(Cl)cc1C(=O)O. The number of carboxylic acid groups (broad SMARTS) is 1. The van der Waals surface area contributed by atoms with E-state index in [4.69, 9.17) is 21.4 Å². The van der Waals surface area contributed by atoms with Gasteiger partial charge in [0, 0.05) is 12.1 Å². The van der Waals surface area contributed by atoms with Crippen molar-refractivity contribution in [3.05, 3.63) is 28.8 Å². The monoisotopic (exact) mass is 286 g/mol. The van der Waals surface area contributed by atoms with Gasteiger partial charge in [0.25, 0.3) is 0 Å². The van der Waals surface area contributed by atoms with Crippen LogP contribution in [0.25, 0.3) is 0 Å². The topological polar surface area (TPSA) is 87.7 Å². The molecular weight excluding hydrogens is 272 g/mol. The molecule has 1 aromatic carbocycles. The summed E-state index contributed by atoms with van der Waals surface area (Å²) in [5.41, 5.74) is 0.112. The van der Waals surface area contributed by atoms with Crippen LogP contribution in [0.15, 0.2) is 18.2 Å². The number of carbonyl (C=O) groups is 2. The van der Waals surface area contributed by atoms with E-state index in [9.17, 15) is 9.59 Å². The van der Waals surface area contributed by atoms with Crippen LogP contribution < -0.4 is 10.6 Å². The van der Waals surface area contributed by atoms with Gasteiger partial charge in [-0.15, -0.1) is 0 Å². The van der Waals surface area contributed by atoms with Gasteiger partial charge in [0.05, 0.1) is 23.9 Å². The maximum absolute atomic E-state index is 11.7. The fourth-order valence-electron chi connectivity index (χ4n) is 1.48. The third-order valence-electron chi connectivity index (χ3n) is 2.25. The van der Waals surface area contributed by atoms with Gasteiger partial charge >= 0.3 is 12.0 Å². The summed E-state index contributed by atoms with van der Waals surface area (Å²) in [4.78, 5) is 22.7. The third-order valence-corrected chi connectivity index (χ3v) is 2.49. The highest BCUT2D eigenvalue weighted by Crippen LogP contribution is 2.20. The van der Waals surface area contributed by atoms with Gasteiger partial charge in [-0.05, 0) is 25.1 Å². The Kier molecular flexibility index (Phi) is 5.59. The first kappa shape index (κ1) is 15.3. The summed E-state index contributed by atoms with van der Waals surface area (Å²) in [5, 5.41) is 14.4. The zero-order valence-electron chi connectivity index (χ0n) is 10.6. The minimum atomic E-state index is -1.16. The highest BCUT2D eigenvalue weighted by molar-refractivity contribution is 6.31. The predicted molar refractivity (Wildman–Crippen MR) is 71.9 cm³/mol. The number of carbonyl (C=O) groups excluding carboxylic acids is 1. The Hall–Kier alpha value is -1.79. The molecule has 0 spiro atoms. The van der Waals surface area contributed by atoms with E-state index in [0.717, 1.165) is 0 Å². The molecule has 1 aromatic rings. The Morgan fingerprint density at radius 2 is 2.16 bits per heavy atom. The smallest absolute Gasteiger partial charge is 0.337 e. The van der Waals surface area contributed by atoms with Crippen molar-refractivity contribution in [2.24, 2.45) is 0 Å². The van der Waals surface area contributed by atoms with Gasteiger partial charge in [0.1, 0.15) is 0 Å². The number of amides is 2. The lowest BCUT2D eigenvalue weighted by Crippen LogP contribution is -2.38. The lowest BCUT2D eigenvalue weighted by Gasteiger charge is -2.14. The number of halogens is 1. The lowest BCUT2D eigenvalue weighted by atomic mass is 10.2. The number of methoxy groups -OCH3 is 1. The van der Waals surface area contributed by atoms with Crippen molar-refractivity contribution in [1.29, 1.82) is 0 Å². The number of benzene rings is 1. The van der Waals surface area contributed by atoms with Crippen LogP contribution in [0, 0.1) is 0 Å². The van der Waals surface area contributed by atoms with Crippen LogP contribution >= 0.6 is 11.6 Å². The fourth-order valence-corrected chi connectivity index (χ4v) is 1.65. The van der Waals surface area contributed by atoms with Gasteiger partial charge in [0.15, 0.2) is 0 Å². The number of urea groups is 1. The molecule has 0 heterocycles. The Morgan fingerprint density at radius 3 is 2.74 bits per heavy atom. The van der Waals surface area contributed by atoms with E-state index in [0.29, 0.717) is 6.61 Å². The Labute approximate surface area is 115 Å². The molecule has 0 bridgehead atoms. The standard InChI is InChI=1S/C12H15ClN2O4/c1-7(6-19-2)14-12(18)15-10-4-3-8(13)5-9(10)11(16)17/h3-5,7H,6H2,1-2H3,(H,16,17)(H2,14,15,18). The number of hydrogen-bond acceptors (Lipinski definition) is 3. The molecule has 6 nitrogen and oxygen atoms in total. The van der Waals surface area contributed by atoms with Crippen LogP contribution in [0.3, 0.4) is 0 Å². The van der Waals surface area contributed by atoms with E-state index < -0.39 is 12.0 Å². The molecule has 0 saturated heterocycles. The van der Waals surface area contributed by atoms with Crippen molar-refractivity contribution >= 4 is 29.3 Å². The summed E-state index contributed by atoms with van der Waals surface area (Å²) in [6.45, 7) is 2.13. The molecule has 2 amide bonds. The van der Waals surface area contributed by atoms with E-state index in [1.807, 2.05) is 0 Å². The van der Waals surface area contributed by atoms with E-state index in [-0.39, 0.29) is 22.3 Å². The summed E-state index contributed by atoms with van der Waals surface area (Å²) in [7, 11) is 1.53. The summed E-state index contributed by atoms with van der Waals surface area (Å²) < 4.78 is 4.88. The molecule has 0 aliphatic heterocycles. The van der Waals surface area contributed by atoms with E-state index in [1.54, 1.807) is 6.92 Å². The van der Waals surface area contributed by atoms with E-state index in [1.165, 1.54) is 25.3 Å². The predicted octanol–water partition coefficient (Wildman–Crippen LogP) is 2.19. The number of ether oxygens (including phenoxy) is 1. The summed E-state index contributed by atoms with van der Waals surface area (Å²) in [6, 6.07) is 3.52. The summed E-state index contributed by atoms with van der Waals surface area (Å²) >= 11 is 5.71. The zero-order valence-corrected chi connectivity index (χ0v) is 11.3. The third kappa shape index (κ3) is 4.76. The van der Waals surface area contributed by atoms with Gasteiger partial charge in [-0.1, -0.05) is 11.6 Å². The molecule has 0 aliphatic carbocycles. The highest BCUT2D eigenvalue weighted by Gasteiger charge is 2.14. The first-order valence-electron chi connectivity index (χ1n) is 5.53. The molecule has 1 unspecified atom stereocenters. The Balaban J connectivity index is 2.76. The lowest BCUT2D eigenvalue weighted by molar-refractivity contribution is 0.0698. The second kappa shape index (κ2) is 6.96. The van der Waals surface area contributed by atoms with Crippen LogP contribution in [0.1, 0.15) is 17.3 Å². The molecule has 1 atom stereocenters. The van der Waals surface area contributed by atoms with Crippen molar-refractivity contribution < 1.29 is 19.4 Å². The molecule has 0 fully saturated rings. The van der Waals surface area contributed by atoms with Crippen LogP contribution in [-0.2, 0) is 4.74 Å². The maximum atomic E-state index is 11.7. The number of rotatable bonds is 5. The van der Waals surface area contributed by atoms with Crippen molar-refractivity contribution in [2.75, 3.05) is 19.0 Å². The second-order valence-corrected chi connectivity index (χ2v) is 4.39. The van der Waals surface area contributed by atoms with Crippen LogP contribution in [0.2, 0.25) is 5.02 Å². The first-order chi connectivity index (χ1) is 8.93. The van der Waals surface area contributed by atoms with Crippen LogP contribution in [0.4, 0.5) is 10.5 Å². The maximum Gasteiger partial charge on any atom is 0.337 e. The molecule has 7 heteroatoms. The fraction of sp³-hybridized carbons (Fsp3) is 0.333. The van der Waals surface area contributed by atoms with Gasteiger partial charge in [0.2, 0.25) is 0 Å². The quantitative estimate of drug-likeness (QED) is 0.774. The van der Waals surface area contributed by atoms with Gasteiger partial charge in [-0.25, -0.2) is 9.59 Å². The average Bonchev–Trinajstić information content (AvgIpc) is 2.31. The summed E-state index contributed by atoms with van der Waals surface area (Å²) in [6.07, 6.45) is 0. The van der Waals surface area contributed by atoms with Gasteiger partial charge in [-0.2, -0.15) is 0 Å². The zero-order chi connectivity index (χ0) is 14.4. The molecule has 1 rings (SSSR count). The molecule has 19 heavy (non-hydrogen) atoms. The van der Waals surface area contributed by atoms with E-state index in [2.05, 4.69) is 10.6 Å². The molecule has 3 N–H and O–H groups in total.